The van der Waals surface area contributed by atoms with Gasteiger partial charge in [-0.15, -0.1) is 12.4 Å². The Hall–Kier alpha value is -2.04. The number of piperidine rings is 1. The van der Waals surface area contributed by atoms with Gasteiger partial charge in [0, 0.05) is 6.42 Å². The number of ether oxygens (including phenoxy) is 1. The maximum absolute atomic E-state index is 12.3. The molecule has 1 heterocycles. The van der Waals surface area contributed by atoms with Crippen LogP contribution in [0.5, 0.6) is 11.5 Å². The third-order valence-electron chi connectivity index (χ3n) is 4.62. The Bertz CT molecular complexity index is 715. The van der Waals surface area contributed by atoms with E-state index in [4.69, 9.17) is 4.74 Å². The monoisotopic (exact) mass is 374 g/mol. The van der Waals surface area contributed by atoms with Crippen LogP contribution in [0, 0.1) is 12.8 Å². The van der Waals surface area contributed by atoms with Crippen LogP contribution in [0.4, 0.5) is 5.69 Å². The number of carbonyl (C=O) groups excluding carboxylic acids is 1. The fraction of sp³-hybridized carbons (Fsp3) is 0.381. The lowest BCUT2D eigenvalue weighted by Crippen LogP contribution is -2.28. The van der Waals surface area contributed by atoms with Gasteiger partial charge in [0.25, 0.3) is 0 Å². The quantitative estimate of drug-likeness (QED) is 0.753. The number of aryl methyl sites for hydroxylation is 1. The fourth-order valence-corrected chi connectivity index (χ4v) is 3.18. The lowest BCUT2D eigenvalue weighted by atomic mass is 9.93. The summed E-state index contributed by atoms with van der Waals surface area (Å²) < 4.78 is 5.96. The van der Waals surface area contributed by atoms with Gasteiger partial charge in [-0.3, -0.25) is 4.79 Å². The first-order valence-corrected chi connectivity index (χ1v) is 9.05. The molecule has 5 heteroatoms. The van der Waals surface area contributed by atoms with Crippen LogP contribution in [0.15, 0.2) is 48.5 Å². The zero-order valence-electron chi connectivity index (χ0n) is 15.2. The van der Waals surface area contributed by atoms with E-state index in [9.17, 15) is 4.79 Å². The molecule has 0 spiro atoms. The summed E-state index contributed by atoms with van der Waals surface area (Å²) in [6.45, 7) is 4.17. The molecule has 0 bridgehead atoms. The number of nitrogens with one attached hydrogen (secondary N) is 2. The van der Waals surface area contributed by atoms with Crippen molar-refractivity contribution in [3.63, 3.8) is 0 Å². The van der Waals surface area contributed by atoms with E-state index in [0.717, 1.165) is 36.5 Å². The van der Waals surface area contributed by atoms with Crippen LogP contribution >= 0.6 is 12.4 Å². The zero-order valence-corrected chi connectivity index (χ0v) is 16.0. The van der Waals surface area contributed by atoms with Gasteiger partial charge in [-0.05, 0) is 75.0 Å². The zero-order chi connectivity index (χ0) is 17.5. The first kappa shape index (κ1) is 20.3. The number of hydrogen-bond acceptors (Lipinski definition) is 3. The second-order valence-electron chi connectivity index (χ2n) is 6.69. The van der Waals surface area contributed by atoms with Crippen LogP contribution in [-0.2, 0) is 4.79 Å². The minimum absolute atomic E-state index is 0. The molecule has 0 aliphatic carbocycles. The van der Waals surface area contributed by atoms with Gasteiger partial charge in [0.05, 0.1) is 5.69 Å². The highest BCUT2D eigenvalue weighted by molar-refractivity contribution is 5.92. The van der Waals surface area contributed by atoms with Crippen molar-refractivity contribution in [3.8, 4) is 11.5 Å². The highest BCUT2D eigenvalue weighted by atomic mass is 35.5. The molecular formula is C21H27ClN2O2. The summed E-state index contributed by atoms with van der Waals surface area (Å²) >= 11 is 0. The number of para-hydroxylation sites is 2. The maximum atomic E-state index is 12.3. The van der Waals surface area contributed by atoms with Crippen LogP contribution in [0.2, 0.25) is 0 Å². The minimum Gasteiger partial charge on any atom is -0.455 e. The van der Waals surface area contributed by atoms with Crippen molar-refractivity contribution in [1.82, 2.24) is 5.32 Å². The molecular weight excluding hydrogens is 348 g/mol. The summed E-state index contributed by atoms with van der Waals surface area (Å²) in [4.78, 5) is 12.3. The smallest absolute Gasteiger partial charge is 0.224 e. The van der Waals surface area contributed by atoms with E-state index in [1.54, 1.807) is 0 Å². The summed E-state index contributed by atoms with van der Waals surface area (Å²) in [7, 11) is 0. The molecule has 0 atom stereocenters. The lowest BCUT2D eigenvalue weighted by molar-refractivity contribution is -0.116. The standard InChI is InChI=1S/C21H26N2O2.ClH/c1-16-5-4-6-18(15-16)25-20-8-3-2-7-19(20)23-21(24)10-9-17-11-13-22-14-12-17;/h2-8,15,17,22H,9-14H2,1H3,(H,23,24);1H. The Balaban J connectivity index is 0.00000243. The molecule has 1 fully saturated rings. The number of rotatable bonds is 6. The SMILES string of the molecule is Cc1cccc(Oc2ccccc2NC(=O)CCC2CCNCC2)c1.Cl. The molecule has 1 saturated heterocycles. The van der Waals surface area contributed by atoms with E-state index in [-0.39, 0.29) is 18.3 Å². The van der Waals surface area contributed by atoms with Gasteiger partial charge < -0.3 is 15.4 Å². The van der Waals surface area contributed by atoms with Crippen molar-refractivity contribution in [2.45, 2.75) is 32.6 Å². The third kappa shape index (κ3) is 6.04. The van der Waals surface area contributed by atoms with E-state index >= 15 is 0 Å². The van der Waals surface area contributed by atoms with Crippen molar-refractivity contribution in [2.24, 2.45) is 5.92 Å². The van der Waals surface area contributed by atoms with E-state index in [2.05, 4.69) is 10.6 Å². The number of hydrogen-bond donors (Lipinski definition) is 2. The maximum Gasteiger partial charge on any atom is 0.224 e. The van der Waals surface area contributed by atoms with E-state index in [1.807, 2.05) is 55.5 Å². The fourth-order valence-electron chi connectivity index (χ4n) is 3.18. The number of halogens is 1. The average Bonchev–Trinajstić information content (AvgIpc) is 2.63. The van der Waals surface area contributed by atoms with Crippen LogP contribution in [0.3, 0.4) is 0 Å². The third-order valence-corrected chi connectivity index (χ3v) is 4.62. The second-order valence-corrected chi connectivity index (χ2v) is 6.69. The Kier molecular flexibility index (Phi) is 7.95. The minimum atomic E-state index is 0. The van der Waals surface area contributed by atoms with Gasteiger partial charge in [-0.1, -0.05) is 24.3 Å². The highest BCUT2D eigenvalue weighted by Crippen LogP contribution is 2.30. The van der Waals surface area contributed by atoms with Crippen LogP contribution in [0.25, 0.3) is 0 Å². The predicted molar refractivity (Wildman–Crippen MR) is 108 cm³/mol. The largest absolute Gasteiger partial charge is 0.455 e. The van der Waals surface area contributed by atoms with Crippen molar-refractivity contribution in [1.29, 1.82) is 0 Å². The molecule has 140 valence electrons. The molecule has 2 N–H and O–H groups in total. The molecule has 0 radical (unpaired) electrons. The van der Waals surface area contributed by atoms with Crippen molar-refractivity contribution in [3.05, 3.63) is 54.1 Å². The van der Waals surface area contributed by atoms with Crippen molar-refractivity contribution < 1.29 is 9.53 Å². The molecule has 2 aromatic rings. The molecule has 0 aromatic heterocycles. The van der Waals surface area contributed by atoms with Gasteiger partial charge in [0.15, 0.2) is 5.75 Å². The summed E-state index contributed by atoms with van der Waals surface area (Å²) in [6, 6.07) is 15.5. The number of anilines is 1. The molecule has 0 unspecified atom stereocenters. The Morgan fingerprint density at radius 1 is 1.15 bits per heavy atom. The predicted octanol–water partition coefficient (Wildman–Crippen LogP) is 4.93. The molecule has 4 nitrogen and oxygen atoms in total. The summed E-state index contributed by atoms with van der Waals surface area (Å²) in [5.41, 5.74) is 1.86. The topological polar surface area (TPSA) is 50.4 Å². The van der Waals surface area contributed by atoms with Gasteiger partial charge in [0.1, 0.15) is 5.75 Å². The first-order valence-electron chi connectivity index (χ1n) is 9.05. The Labute approximate surface area is 161 Å². The van der Waals surface area contributed by atoms with Crippen molar-refractivity contribution >= 4 is 24.0 Å². The highest BCUT2D eigenvalue weighted by Gasteiger charge is 2.15. The second kappa shape index (κ2) is 10.2. The molecule has 3 rings (SSSR count). The van der Waals surface area contributed by atoms with E-state index in [0.29, 0.717) is 18.1 Å². The van der Waals surface area contributed by atoms with Gasteiger partial charge in [-0.2, -0.15) is 0 Å². The molecule has 1 aliphatic rings. The van der Waals surface area contributed by atoms with Crippen molar-refractivity contribution in [2.75, 3.05) is 18.4 Å². The number of benzene rings is 2. The summed E-state index contributed by atoms with van der Waals surface area (Å²) in [6.07, 6.45) is 3.85. The van der Waals surface area contributed by atoms with E-state index < -0.39 is 0 Å². The van der Waals surface area contributed by atoms with Gasteiger partial charge >= 0.3 is 0 Å². The summed E-state index contributed by atoms with van der Waals surface area (Å²) in [5.74, 6) is 2.16. The van der Waals surface area contributed by atoms with Crippen LogP contribution < -0.4 is 15.4 Å². The van der Waals surface area contributed by atoms with E-state index in [1.165, 1.54) is 12.8 Å². The van der Waals surface area contributed by atoms with Gasteiger partial charge in [0.2, 0.25) is 5.91 Å². The van der Waals surface area contributed by atoms with Crippen LogP contribution in [-0.4, -0.2) is 19.0 Å². The lowest BCUT2D eigenvalue weighted by Gasteiger charge is -2.22. The van der Waals surface area contributed by atoms with Gasteiger partial charge in [-0.25, -0.2) is 0 Å². The average molecular weight is 375 g/mol. The molecule has 26 heavy (non-hydrogen) atoms. The molecule has 1 aliphatic heterocycles. The Morgan fingerprint density at radius 3 is 2.69 bits per heavy atom. The molecule has 1 amide bonds. The first-order chi connectivity index (χ1) is 12.2. The number of carbonyl (C=O) groups is 1. The summed E-state index contributed by atoms with van der Waals surface area (Å²) in [5, 5.41) is 6.37. The number of amides is 1. The normalized spacial score (nSPS) is 14.3. The molecule has 0 saturated carbocycles. The molecule has 2 aromatic carbocycles. The van der Waals surface area contributed by atoms with Crippen LogP contribution in [0.1, 0.15) is 31.2 Å². The Morgan fingerprint density at radius 2 is 1.92 bits per heavy atom.